The Morgan fingerprint density at radius 1 is 0.966 bits per heavy atom. The molecule has 0 saturated carbocycles. The number of nitrogens with one attached hydrogen (secondary N) is 2. The van der Waals surface area contributed by atoms with Crippen LogP contribution in [0.2, 0.25) is 5.02 Å². The van der Waals surface area contributed by atoms with Crippen LogP contribution in [0.1, 0.15) is 23.1 Å². The number of hydrogen-bond acceptors (Lipinski definition) is 3. The molecule has 3 aromatic carbocycles. The Labute approximate surface area is 173 Å². The van der Waals surface area contributed by atoms with Gasteiger partial charge in [-0.2, -0.15) is 0 Å². The van der Waals surface area contributed by atoms with Crippen LogP contribution in [0.5, 0.6) is 0 Å². The minimum atomic E-state index is -0.915. The summed E-state index contributed by atoms with van der Waals surface area (Å²) in [5.41, 5.74) is 7.83. The summed E-state index contributed by atoms with van der Waals surface area (Å²) >= 11 is 6.35. The van der Waals surface area contributed by atoms with E-state index in [1.54, 1.807) is 6.07 Å². The molecule has 6 heteroatoms. The van der Waals surface area contributed by atoms with Gasteiger partial charge in [-0.1, -0.05) is 72.3 Å². The Morgan fingerprint density at radius 3 is 2.38 bits per heavy atom. The number of carbonyl (C=O) groups excluding carboxylic acids is 2. The molecule has 0 aliphatic carbocycles. The molecule has 146 valence electrons. The number of fused-ring (bicyclic) bond motifs is 1. The zero-order valence-corrected chi connectivity index (χ0v) is 16.3. The van der Waals surface area contributed by atoms with Crippen molar-refractivity contribution in [2.75, 3.05) is 5.32 Å². The van der Waals surface area contributed by atoms with Crippen molar-refractivity contribution in [2.45, 2.75) is 18.0 Å². The highest BCUT2D eigenvalue weighted by molar-refractivity contribution is 6.30. The van der Waals surface area contributed by atoms with Crippen LogP contribution in [0.15, 0.2) is 78.9 Å². The zero-order valence-electron chi connectivity index (χ0n) is 15.6. The molecule has 0 bridgehead atoms. The second kappa shape index (κ2) is 7.70. The van der Waals surface area contributed by atoms with E-state index in [0.29, 0.717) is 10.7 Å². The van der Waals surface area contributed by atoms with Crippen LogP contribution >= 0.6 is 11.6 Å². The van der Waals surface area contributed by atoms with E-state index < -0.39 is 17.5 Å². The maximum atomic E-state index is 12.9. The predicted molar refractivity (Wildman–Crippen MR) is 114 cm³/mol. The molecule has 0 radical (unpaired) electrons. The largest absolute Gasteiger partial charge is 0.370 e. The van der Waals surface area contributed by atoms with Crippen molar-refractivity contribution in [3.63, 3.8) is 0 Å². The molecule has 2 unspecified atom stereocenters. The van der Waals surface area contributed by atoms with Gasteiger partial charge in [-0.15, -0.1) is 0 Å². The molecular formula is C23H20ClN3O2. The fourth-order valence-electron chi connectivity index (χ4n) is 3.94. The van der Waals surface area contributed by atoms with E-state index in [1.165, 1.54) is 0 Å². The number of anilines is 1. The summed E-state index contributed by atoms with van der Waals surface area (Å²) in [5.74, 6) is -0.868. The Hall–Kier alpha value is -3.15. The van der Waals surface area contributed by atoms with Gasteiger partial charge in [-0.05, 0) is 29.3 Å². The third-order valence-corrected chi connectivity index (χ3v) is 5.40. The number of halogens is 1. The number of nitrogens with two attached hydrogens (primary N) is 1. The monoisotopic (exact) mass is 405 g/mol. The molecule has 1 aliphatic rings. The number of primary amides is 1. The molecule has 2 amide bonds. The van der Waals surface area contributed by atoms with Crippen molar-refractivity contribution < 1.29 is 9.59 Å². The van der Waals surface area contributed by atoms with Crippen LogP contribution < -0.4 is 16.4 Å². The molecule has 2 atom stereocenters. The molecule has 0 spiro atoms. The molecule has 4 rings (SSSR count). The molecule has 29 heavy (non-hydrogen) atoms. The first kappa shape index (κ1) is 19.2. The zero-order chi connectivity index (χ0) is 20.4. The second-order valence-corrected chi connectivity index (χ2v) is 7.47. The summed E-state index contributed by atoms with van der Waals surface area (Å²) in [6, 6.07) is 24.1. The van der Waals surface area contributed by atoms with E-state index in [1.807, 2.05) is 72.8 Å². The van der Waals surface area contributed by atoms with E-state index in [4.69, 9.17) is 17.3 Å². The Morgan fingerprint density at radius 2 is 1.66 bits per heavy atom. The van der Waals surface area contributed by atoms with Crippen molar-refractivity contribution in [1.29, 1.82) is 0 Å². The topological polar surface area (TPSA) is 84.2 Å². The van der Waals surface area contributed by atoms with Gasteiger partial charge < -0.3 is 11.1 Å². The number of rotatable bonds is 4. The second-order valence-electron chi connectivity index (χ2n) is 7.03. The van der Waals surface area contributed by atoms with Crippen molar-refractivity contribution in [3.05, 3.63) is 101 Å². The smallest absolute Gasteiger partial charge is 0.242 e. The normalized spacial score (nSPS) is 21.0. The van der Waals surface area contributed by atoms with Crippen molar-refractivity contribution in [3.8, 4) is 0 Å². The van der Waals surface area contributed by atoms with Crippen LogP contribution in [-0.2, 0) is 15.1 Å². The fraction of sp³-hybridized carbons (Fsp3) is 0.130. The Kier molecular flexibility index (Phi) is 5.09. The fourth-order valence-corrected chi connectivity index (χ4v) is 4.13. The van der Waals surface area contributed by atoms with Gasteiger partial charge in [0, 0.05) is 16.3 Å². The van der Waals surface area contributed by atoms with Crippen molar-refractivity contribution in [1.82, 2.24) is 5.32 Å². The third-order valence-electron chi connectivity index (χ3n) is 5.17. The lowest BCUT2D eigenvalue weighted by molar-refractivity contribution is -0.124. The van der Waals surface area contributed by atoms with E-state index in [0.717, 1.165) is 16.7 Å². The lowest BCUT2D eigenvalue weighted by atomic mass is 9.76. The number of para-hydroxylation sites is 1. The molecule has 5 nitrogen and oxygen atoms in total. The predicted octanol–water partition coefficient (Wildman–Crippen LogP) is 3.42. The molecular weight excluding hydrogens is 386 g/mol. The SMILES string of the molecule is NC(=O)CC1NC(c2ccccc2)(c2cccc(Cl)c2)c2ccccc2NC1=O. The average Bonchev–Trinajstić information content (AvgIpc) is 2.83. The summed E-state index contributed by atoms with van der Waals surface area (Å²) in [4.78, 5) is 24.6. The van der Waals surface area contributed by atoms with Crippen LogP contribution in [0.4, 0.5) is 5.69 Å². The summed E-state index contributed by atoms with van der Waals surface area (Å²) in [5, 5.41) is 6.98. The highest BCUT2D eigenvalue weighted by atomic mass is 35.5. The van der Waals surface area contributed by atoms with Gasteiger partial charge in [0.25, 0.3) is 0 Å². The standard InChI is InChI=1S/C23H20ClN3O2/c24-17-10-6-9-16(13-17)23(15-7-2-1-3-8-15)18-11-4-5-12-19(18)26-22(29)20(27-23)14-21(25)28/h1-13,20,27H,14H2,(H2,25,28)(H,26,29). The van der Waals surface area contributed by atoms with Gasteiger partial charge in [0.15, 0.2) is 0 Å². The number of benzene rings is 3. The molecule has 1 aliphatic heterocycles. The molecule has 4 N–H and O–H groups in total. The van der Waals surface area contributed by atoms with Crippen molar-refractivity contribution in [2.24, 2.45) is 5.73 Å². The summed E-state index contributed by atoms with van der Waals surface area (Å²) in [6.07, 6.45) is -0.130. The maximum Gasteiger partial charge on any atom is 0.242 e. The van der Waals surface area contributed by atoms with Gasteiger partial charge in [-0.25, -0.2) is 0 Å². The first-order chi connectivity index (χ1) is 14.0. The molecule has 0 fully saturated rings. The molecule has 0 aromatic heterocycles. The van der Waals surface area contributed by atoms with Gasteiger partial charge in [0.05, 0.1) is 18.0 Å². The number of amides is 2. The minimum Gasteiger partial charge on any atom is -0.370 e. The highest BCUT2D eigenvalue weighted by Gasteiger charge is 2.44. The highest BCUT2D eigenvalue weighted by Crippen LogP contribution is 2.43. The lowest BCUT2D eigenvalue weighted by Crippen LogP contribution is -2.52. The molecule has 0 saturated heterocycles. The van der Waals surface area contributed by atoms with E-state index in [-0.39, 0.29) is 12.3 Å². The van der Waals surface area contributed by atoms with Crippen LogP contribution in [0.25, 0.3) is 0 Å². The van der Waals surface area contributed by atoms with Gasteiger partial charge in [0.1, 0.15) is 0 Å². The summed E-state index contributed by atoms with van der Waals surface area (Å²) < 4.78 is 0. The van der Waals surface area contributed by atoms with Crippen LogP contribution in [0.3, 0.4) is 0 Å². The first-order valence-corrected chi connectivity index (χ1v) is 9.66. The first-order valence-electron chi connectivity index (χ1n) is 9.28. The summed E-state index contributed by atoms with van der Waals surface area (Å²) in [6.45, 7) is 0. The van der Waals surface area contributed by atoms with Gasteiger partial charge in [-0.3, -0.25) is 14.9 Å². The van der Waals surface area contributed by atoms with Crippen molar-refractivity contribution >= 4 is 29.1 Å². The van der Waals surface area contributed by atoms with Crippen LogP contribution in [0, 0.1) is 0 Å². The summed E-state index contributed by atoms with van der Waals surface area (Å²) in [7, 11) is 0. The van der Waals surface area contributed by atoms with E-state index >= 15 is 0 Å². The van der Waals surface area contributed by atoms with Crippen LogP contribution in [-0.4, -0.2) is 17.9 Å². The minimum absolute atomic E-state index is 0.130. The number of carbonyl (C=O) groups is 2. The maximum absolute atomic E-state index is 12.9. The molecule has 3 aromatic rings. The van der Waals surface area contributed by atoms with Gasteiger partial charge >= 0.3 is 0 Å². The Balaban J connectivity index is 2.05. The number of hydrogen-bond donors (Lipinski definition) is 3. The quantitative estimate of drug-likeness (QED) is 0.621. The molecule has 1 heterocycles. The van der Waals surface area contributed by atoms with E-state index in [9.17, 15) is 9.59 Å². The Bertz CT molecular complexity index is 1070. The third kappa shape index (κ3) is 3.50. The van der Waals surface area contributed by atoms with E-state index in [2.05, 4.69) is 10.6 Å². The average molecular weight is 406 g/mol. The van der Waals surface area contributed by atoms with Gasteiger partial charge in [0.2, 0.25) is 11.8 Å². The lowest BCUT2D eigenvalue weighted by Gasteiger charge is -2.38.